The summed E-state index contributed by atoms with van der Waals surface area (Å²) in [5, 5.41) is 1.98. The molecule has 2 aliphatic heterocycles. The van der Waals surface area contributed by atoms with Crippen molar-refractivity contribution >= 4 is 28.8 Å². The molecule has 0 radical (unpaired) electrons. The Hall–Kier alpha value is -1.79. The Kier molecular flexibility index (Phi) is 5.05. The lowest BCUT2D eigenvalue weighted by Crippen LogP contribution is -2.39. The number of hydrogen-bond acceptors (Lipinski definition) is 6. The summed E-state index contributed by atoms with van der Waals surface area (Å²) >= 11 is 1.58. The number of carbonyl (C=O) groups is 2. The van der Waals surface area contributed by atoms with Crippen molar-refractivity contribution in [2.75, 3.05) is 13.2 Å². The molecule has 4 rings (SSSR count). The molecule has 0 unspecified atom stereocenters. The number of Topliss-reactive ketones (excluding diaryl/α,β-unsaturated/α-hetero) is 1. The predicted molar refractivity (Wildman–Crippen MR) is 99.5 cm³/mol. The van der Waals surface area contributed by atoms with Gasteiger partial charge in [0.2, 0.25) is 0 Å². The molecule has 0 aromatic carbocycles. The molecule has 138 valence electrons. The third-order valence-corrected chi connectivity index (χ3v) is 6.36. The monoisotopic (exact) mass is 373 g/mol. The van der Waals surface area contributed by atoms with E-state index in [9.17, 15) is 9.59 Å². The van der Waals surface area contributed by atoms with E-state index in [0.29, 0.717) is 17.7 Å². The summed E-state index contributed by atoms with van der Waals surface area (Å²) in [4.78, 5) is 31.3. The second-order valence-corrected chi connectivity index (χ2v) is 8.11. The van der Waals surface area contributed by atoms with Crippen LogP contribution in [-0.2, 0) is 19.1 Å². The van der Waals surface area contributed by atoms with Crippen LogP contribution in [0.1, 0.15) is 49.8 Å². The zero-order valence-electron chi connectivity index (χ0n) is 14.9. The van der Waals surface area contributed by atoms with E-state index >= 15 is 0 Å². The largest absolute Gasteiger partial charge is 0.460 e. The minimum absolute atomic E-state index is 0.0148. The van der Waals surface area contributed by atoms with Crippen LogP contribution in [0, 0.1) is 5.92 Å². The summed E-state index contributed by atoms with van der Waals surface area (Å²) in [7, 11) is 0. The van der Waals surface area contributed by atoms with E-state index in [-0.39, 0.29) is 36.3 Å². The van der Waals surface area contributed by atoms with Crippen molar-refractivity contribution in [2.24, 2.45) is 10.9 Å². The van der Waals surface area contributed by atoms with Crippen LogP contribution in [-0.4, -0.2) is 36.8 Å². The average molecular weight is 373 g/mol. The fourth-order valence-corrected chi connectivity index (χ4v) is 5.06. The highest BCUT2D eigenvalue weighted by Crippen LogP contribution is 2.44. The Bertz CT molecular complexity index is 759. The Morgan fingerprint density at radius 2 is 2.23 bits per heavy atom. The molecule has 0 N–H and O–H groups in total. The number of carbonyl (C=O) groups excluding carboxylic acids is 2. The van der Waals surface area contributed by atoms with Crippen LogP contribution in [0.15, 0.2) is 33.8 Å². The van der Waals surface area contributed by atoms with Gasteiger partial charge in [-0.05, 0) is 44.1 Å². The van der Waals surface area contributed by atoms with Crippen LogP contribution >= 0.6 is 11.3 Å². The highest BCUT2D eigenvalue weighted by molar-refractivity contribution is 7.10. The zero-order valence-corrected chi connectivity index (χ0v) is 15.7. The van der Waals surface area contributed by atoms with Crippen LogP contribution < -0.4 is 0 Å². The number of nitrogens with zero attached hydrogens (tertiary/aromatic N) is 1. The molecular weight excluding hydrogens is 350 g/mol. The second-order valence-electron chi connectivity index (χ2n) is 7.13. The van der Waals surface area contributed by atoms with Gasteiger partial charge in [0.1, 0.15) is 12.4 Å². The predicted octanol–water partition coefficient (Wildman–Crippen LogP) is 3.65. The van der Waals surface area contributed by atoms with Crippen LogP contribution in [0.3, 0.4) is 0 Å². The molecule has 2 fully saturated rings. The van der Waals surface area contributed by atoms with Gasteiger partial charge in [0.15, 0.2) is 0 Å². The molecule has 3 heterocycles. The van der Waals surface area contributed by atoms with E-state index in [1.807, 2.05) is 24.4 Å². The van der Waals surface area contributed by atoms with Crippen LogP contribution in [0.2, 0.25) is 0 Å². The highest BCUT2D eigenvalue weighted by atomic mass is 32.1. The lowest BCUT2D eigenvalue weighted by atomic mass is 9.71. The number of aliphatic imine (C=N–C) groups is 1. The second kappa shape index (κ2) is 7.45. The summed E-state index contributed by atoms with van der Waals surface area (Å²) in [5.74, 6) is -0.772. The van der Waals surface area contributed by atoms with Crippen molar-refractivity contribution in [1.82, 2.24) is 0 Å². The zero-order chi connectivity index (χ0) is 18.1. The SMILES string of the molecule is CC1=C(C(=O)OC[C@H]2CCCO2)[C@@H](c2cccs2)[C@@H]2C(=O)CCCC2=N1. The number of ether oxygens (including phenoxy) is 2. The van der Waals surface area contributed by atoms with Crippen molar-refractivity contribution in [3.63, 3.8) is 0 Å². The molecule has 26 heavy (non-hydrogen) atoms. The molecule has 5 nitrogen and oxygen atoms in total. The Balaban J connectivity index is 1.65. The van der Waals surface area contributed by atoms with Crippen molar-refractivity contribution in [2.45, 2.75) is 51.0 Å². The first-order valence-electron chi connectivity index (χ1n) is 9.28. The fraction of sp³-hybridized carbons (Fsp3) is 0.550. The van der Waals surface area contributed by atoms with Crippen molar-refractivity contribution in [3.8, 4) is 0 Å². The molecule has 3 aliphatic rings. The topological polar surface area (TPSA) is 65.0 Å². The third-order valence-electron chi connectivity index (χ3n) is 5.40. The van der Waals surface area contributed by atoms with Crippen LogP contribution in [0.5, 0.6) is 0 Å². The molecule has 1 saturated carbocycles. The Morgan fingerprint density at radius 1 is 1.35 bits per heavy atom. The number of fused-ring (bicyclic) bond motifs is 1. The number of thiophene rings is 1. The van der Waals surface area contributed by atoms with E-state index in [1.165, 1.54) is 0 Å². The first kappa shape index (κ1) is 17.6. The normalized spacial score (nSPS) is 28.7. The third kappa shape index (κ3) is 3.28. The van der Waals surface area contributed by atoms with Gasteiger partial charge in [-0.1, -0.05) is 6.07 Å². The quantitative estimate of drug-likeness (QED) is 0.756. The fourth-order valence-electron chi connectivity index (χ4n) is 4.18. The number of hydrogen-bond donors (Lipinski definition) is 0. The molecule has 0 bridgehead atoms. The molecule has 0 spiro atoms. The standard InChI is InChI=1S/C20H23NO4S/c1-12-17(20(23)25-11-13-5-3-9-24-13)19(16-8-4-10-26-16)18-14(21-12)6-2-7-15(18)22/h4,8,10,13,18-19H,2-3,5-7,9,11H2,1H3/t13-,18+,19-/m1/s1. The molecule has 1 aromatic rings. The average Bonchev–Trinajstić information content (AvgIpc) is 3.32. The molecule has 0 amide bonds. The maximum absolute atomic E-state index is 12.9. The van der Waals surface area contributed by atoms with Gasteiger partial charge in [-0.3, -0.25) is 9.79 Å². The van der Waals surface area contributed by atoms with Gasteiger partial charge in [-0.15, -0.1) is 11.3 Å². The molecule has 1 aromatic heterocycles. The van der Waals surface area contributed by atoms with Gasteiger partial charge in [-0.25, -0.2) is 4.79 Å². The molecule has 1 saturated heterocycles. The molecule has 1 aliphatic carbocycles. The lowest BCUT2D eigenvalue weighted by Gasteiger charge is -2.34. The van der Waals surface area contributed by atoms with Gasteiger partial charge in [0, 0.05) is 35.2 Å². The number of allylic oxidation sites excluding steroid dienone is 1. The van der Waals surface area contributed by atoms with E-state index in [4.69, 9.17) is 9.47 Å². The molecule has 3 atom stereocenters. The smallest absolute Gasteiger partial charge is 0.336 e. The lowest BCUT2D eigenvalue weighted by molar-refractivity contribution is -0.142. The Morgan fingerprint density at radius 3 is 2.96 bits per heavy atom. The maximum atomic E-state index is 12.9. The number of esters is 1. The van der Waals surface area contributed by atoms with Crippen LogP contribution in [0.25, 0.3) is 0 Å². The van der Waals surface area contributed by atoms with Crippen LogP contribution in [0.4, 0.5) is 0 Å². The van der Waals surface area contributed by atoms with E-state index < -0.39 is 0 Å². The first-order chi connectivity index (χ1) is 12.6. The van der Waals surface area contributed by atoms with Crippen molar-refractivity contribution in [3.05, 3.63) is 33.7 Å². The summed E-state index contributed by atoms with van der Waals surface area (Å²) in [6.07, 6.45) is 4.14. The highest BCUT2D eigenvalue weighted by Gasteiger charge is 2.44. The summed E-state index contributed by atoms with van der Waals surface area (Å²) < 4.78 is 11.1. The number of ketones is 1. The molecular formula is C20H23NO4S. The minimum atomic E-state index is -0.363. The first-order valence-corrected chi connectivity index (χ1v) is 10.2. The van der Waals surface area contributed by atoms with Gasteiger partial charge in [-0.2, -0.15) is 0 Å². The van der Waals surface area contributed by atoms with Crippen molar-refractivity contribution < 1.29 is 19.1 Å². The summed E-state index contributed by atoms with van der Waals surface area (Å²) in [6.45, 7) is 2.85. The van der Waals surface area contributed by atoms with Crippen molar-refractivity contribution in [1.29, 1.82) is 0 Å². The van der Waals surface area contributed by atoms with E-state index in [1.54, 1.807) is 11.3 Å². The van der Waals surface area contributed by atoms with E-state index in [2.05, 4.69) is 4.99 Å². The maximum Gasteiger partial charge on any atom is 0.336 e. The number of rotatable bonds is 4. The van der Waals surface area contributed by atoms with Gasteiger partial charge in [0.25, 0.3) is 0 Å². The summed E-state index contributed by atoms with van der Waals surface area (Å²) in [6, 6.07) is 3.96. The van der Waals surface area contributed by atoms with Gasteiger partial charge in [0.05, 0.1) is 17.6 Å². The van der Waals surface area contributed by atoms with Gasteiger partial charge < -0.3 is 9.47 Å². The summed E-state index contributed by atoms with van der Waals surface area (Å²) in [5.41, 5.74) is 2.14. The van der Waals surface area contributed by atoms with Gasteiger partial charge >= 0.3 is 5.97 Å². The Labute approximate surface area is 157 Å². The van der Waals surface area contributed by atoms with E-state index in [0.717, 1.165) is 42.9 Å². The molecule has 6 heteroatoms. The minimum Gasteiger partial charge on any atom is -0.460 e.